The Labute approximate surface area is 121 Å². The van der Waals surface area contributed by atoms with Gasteiger partial charge < -0.3 is 15.8 Å². The number of hydrogen-bond donors (Lipinski definition) is 2. The monoisotopic (exact) mass is 291 g/mol. The van der Waals surface area contributed by atoms with Crippen LogP contribution >= 0.6 is 11.6 Å². The van der Waals surface area contributed by atoms with Crippen molar-refractivity contribution in [2.75, 3.05) is 18.2 Å². The van der Waals surface area contributed by atoms with Gasteiger partial charge in [-0.1, -0.05) is 23.7 Å². The second kappa shape index (κ2) is 5.79. The van der Waals surface area contributed by atoms with Gasteiger partial charge in [0.1, 0.15) is 0 Å². The molecular formula is C14H14ClN3O2. The number of esters is 1. The number of aryl methyl sites for hydroxylation is 1. The minimum Gasteiger partial charge on any atom is -0.465 e. The maximum absolute atomic E-state index is 11.6. The van der Waals surface area contributed by atoms with E-state index in [1.54, 1.807) is 6.07 Å². The molecule has 104 valence electrons. The third kappa shape index (κ3) is 2.67. The van der Waals surface area contributed by atoms with E-state index in [1.807, 2.05) is 19.1 Å². The maximum atomic E-state index is 11.6. The average molecular weight is 292 g/mol. The van der Waals surface area contributed by atoms with Crippen LogP contribution in [-0.2, 0) is 4.74 Å². The molecule has 0 aliphatic rings. The first-order valence-electron chi connectivity index (χ1n) is 5.89. The highest BCUT2D eigenvalue weighted by Crippen LogP contribution is 2.31. The summed E-state index contributed by atoms with van der Waals surface area (Å²) in [6.07, 6.45) is 1.48. The third-order valence-electron chi connectivity index (χ3n) is 2.86. The molecule has 0 atom stereocenters. The van der Waals surface area contributed by atoms with Gasteiger partial charge in [0.15, 0.2) is 5.82 Å². The Bertz CT molecular complexity index is 639. The van der Waals surface area contributed by atoms with Crippen LogP contribution in [0.1, 0.15) is 15.9 Å². The zero-order chi connectivity index (χ0) is 14.7. The number of nitrogen functional groups attached to an aromatic ring is 1. The van der Waals surface area contributed by atoms with Gasteiger partial charge >= 0.3 is 5.97 Å². The van der Waals surface area contributed by atoms with Crippen molar-refractivity contribution in [3.8, 4) is 0 Å². The Morgan fingerprint density at radius 3 is 2.80 bits per heavy atom. The highest BCUT2D eigenvalue weighted by molar-refractivity contribution is 6.33. The summed E-state index contributed by atoms with van der Waals surface area (Å²) in [5, 5.41) is 3.60. The lowest BCUT2D eigenvalue weighted by atomic mass is 10.2. The molecule has 0 saturated carbocycles. The Morgan fingerprint density at radius 2 is 2.15 bits per heavy atom. The van der Waals surface area contributed by atoms with Crippen LogP contribution in [0.3, 0.4) is 0 Å². The molecule has 6 heteroatoms. The van der Waals surface area contributed by atoms with Crippen LogP contribution in [0, 0.1) is 6.92 Å². The van der Waals surface area contributed by atoms with Crippen LogP contribution in [0.2, 0.25) is 5.02 Å². The quantitative estimate of drug-likeness (QED) is 0.850. The van der Waals surface area contributed by atoms with Crippen LogP contribution in [0.5, 0.6) is 0 Å². The normalized spacial score (nSPS) is 10.2. The number of nitrogens with zero attached hydrogens (tertiary/aromatic N) is 1. The summed E-state index contributed by atoms with van der Waals surface area (Å²) in [5.74, 6) is -0.145. The van der Waals surface area contributed by atoms with Gasteiger partial charge in [-0.15, -0.1) is 0 Å². The largest absolute Gasteiger partial charge is 0.465 e. The number of ether oxygens (including phenoxy) is 1. The van der Waals surface area contributed by atoms with Gasteiger partial charge in [-0.2, -0.15) is 0 Å². The molecule has 0 fully saturated rings. The van der Waals surface area contributed by atoms with Crippen LogP contribution in [0.25, 0.3) is 0 Å². The van der Waals surface area contributed by atoms with Crippen LogP contribution in [-0.4, -0.2) is 18.1 Å². The van der Waals surface area contributed by atoms with Crippen molar-refractivity contribution in [3.05, 3.63) is 46.6 Å². The molecule has 1 aromatic heterocycles. The lowest BCUT2D eigenvalue weighted by Gasteiger charge is -2.13. The highest BCUT2D eigenvalue weighted by Gasteiger charge is 2.15. The number of aromatic nitrogens is 1. The minimum absolute atomic E-state index is 0.221. The number of nitrogens with two attached hydrogens (primary N) is 1. The van der Waals surface area contributed by atoms with Gasteiger partial charge in [0.25, 0.3) is 0 Å². The SMILES string of the molecule is COC(=O)c1ccnc(Nc2c(C)cccc2Cl)c1N. The number of para-hydroxylation sites is 1. The number of rotatable bonds is 3. The molecule has 5 nitrogen and oxygen atoms in total. The van der Waals surface area contributed by atoms with Gasteiger partial charge in [0.2, 0.25) is 0 Å². The van der Waals surface area contributed by atoms with Crippen molar-refractivity contribution in [1.29, 1.82) is 0 Å². The fourth-order valence-electron chi connectivity index (χ4n) is 1.77. The summed E-state index contributed by atoms with van der Waals surface area (Å²) in [6.45, 7) is 1.91. The van der Waals surface area contributed by atoms with Gasteiger partial charge in [0.05, 0.1) is 29.1 Å². The van der Waals surface area contributed by atoms with E-state index in [4.69, 9.17) is 17.3 Å². The Hall–Kier alpha value is -2.27. The van der Waals surface area contributed by atoms with Crippen molar-refractivity contribution >= 4 is 34.8 Å². The first-order valence-corrected chi connectivity index (χ1v) is 6.27. The van der Waals surface area contributed by atoms with Gasteiger partial charge in [-0.05, 0) is 24.6 Å². The fraction of sp³-hybridized carbons (Fsp3) is 0.143. The second-order valence-corrected chi connectivity index (χ2v) is 4.58. The molecule has 0 bridgehead atoms. The topological polar surface area (TPSA) is 77.2 Å². The molecule has 0 aliphatic heterocycles. The first-order chi connectivity index (χ1) is 9.54. The number of halogens is 1. The van der Waals surface area contributed by atoms with Gasteiger partial charge in [-0.25, -0.2) is 9.78 Å². The summed E-state index contributed by atoms with van der Waals surface area (Å²) >= 11 is 6.14. The van der Waals surface area contributed by atoms with E-state index in [0.29, 0.717) is 16.5 Å². The third-order valence-corrected chi connectivity index (χ3v) is 3.18. The molecule has 0 unspecified atom stereocenters. The molecule has 2 rings (SSSR count). The molecule has 2 aromatic rings. The Morgan fingerprint density at radius 1 is 1.40 bits per heavy atom. The predicted octanol–water partition coefficient (Wildman–Crippen LogP) is 3.16. The van der Waals surface area contributed by atoms with Crippen LogP contribution < -0.4 is 11.1 Å². The number of benzene rings is 1. The summed E-state index contributed by atoms with van der Waals surface area (Å²) in [7, 11) is 1.30. The zero-order valence-corrected chi connectivity index (χ0v) is 11.9. The standard InChI is InChI=1S/C14H14ClN3O2/c1-8-4-3-5-10(15)12(8)18-13-11(16)9(6-7-17-13)14(19)20-2/h3-7H,16H2,1-2H3,(H,17,18). The Kier molecular flexibility index (Phi) is 4.10. The van der Waals surface area contributed by atoms with Crippen molar-refractivity contribution in [2.45, 2.75) is 6.92 Å². The molecule has 1 aromatic carbocycles. The molecule has 20 heavy (non-hydrogen) atoms. The minimum atomic E-state index is -0.510. The Balaban J connectivity index is 2.42. The van der Waals surface area contributed by atoms with Crippen LogP contribution in [0.15, 0.2) is 30.5 Å². The molecule has 0 radical (unpaired) electrons. The van der Waals surface area contributed by atoms with E-state index < -0.39 is 5.97 Å². The smallest absolute Gasteiger partial charge is 0.340 e. The van der Waals surface area contributed by atoms with Crippen molar-refractivity contribution in [2.24, 2.45) is 0 Å². The summed E-state index contributed by atoms with van der Waals surface area (Å²) in [6, 6.07) is 7.03. The lowest BCUT2D eigenvalue weighted by Crippen LogP contribution is -2.09. The average Bonchev–Trinajstić information content (AvgIpc) is 2.44. The highest BCUT2D eigenvalue weighted by atomic mass is 35.5. The zero-order valence-electron chi connectivity index (χ0n) is 11.1. The summed E-state index contributed by atoms with van der Waals surface area (Å²) in [5.41, 5.74) is 8.07. The van der Waals surface area contributed by atoms with E-state index in [0.717, 1.165) is 5.56 Å². The molecule has 0 spiro atoms. The molecule has 0 saturated heterocycles. The van der Waals surface area contributed by atoms with E-state index in [1.165, 1.54) is 19.4 Å². The number of anilines is 3. The fourth-order valence-corrected chi connectivity index (χ4v) is 2.04. The van der Waals surface area contributed by atoms with E-state index in [-0.39, 0.29) is 11.3 Å². The van der Waals surface area contributed by atoms with Crippen molar-refractivity contribution in [1.82, 2.24) is 4.98 Å². The molecule has 0 amide bonds. The van der Waals surface area contributed by atoms with E-state index >= 15 is 0 Å². The number of hydrogen-bond acceptors (Lipinski definition) is 5. The van der Waals surface area contributed by atoms with Crippen molar-refractivity contribution < 1.29 is 9.53 Å². The van der Waals surface area contributed by atoms with Crippen LogP contribution in [0.4, 0.5) is 17.2 Å². The number of carbonyl (C=O) groups is 1. The maximum Gasteiger partial charge on any atom is 0.340 e. The van der Waals surface area contributed by atoms with Crippen molar-refractivity contribution in [3.63, 3.8) is 0 Å². The number of pyridine rings is 1. The summed E-state index contributed by atoms with van der Waals surface area (Å²) in [4.78, 5) is 15.7. The molecule has 0 aliphatic carbocycles. The van der Waals surface area contributed by atoms with E-state index in [9.17, 15) is 4.79 Å². The number of methoxy groups -OCH3 is 1. The summed E-state index contributed by atoms with van der Waals surface area (Å²) < 4.78 is 4.67. The number of nitrogens with one attached hydrogen (secondary N) is 1. The second-order valence-electron chi connectivity index (χ2n) is 4.17. The predicted molar refractivity (Wildman–Crippen MR) is 79.5 cm³/mol. The first kappa shape index (κ1) is 14.1. The number of carbonyl (C=O) groups excluding carboxylic acids is 1. The van der Waals surface area contributed by atoms with E-state index in [2.05, 4.69) is 15.0 Å². The molecular weight excluding hydrogens is 278 g/mol. The molecule has 1 heterocycles. The van der Waals surface area contributed by atoms with Gasteiger partial charge in [-0.3, -0.25) is 0 Å². The van der Waals surface area contributed by atoms with Gasteiger partial charge in [0, 0.05) is 6.20 Å². The lowest BCUT2D eigenvalue weighted by molar-refractivity contribution is 0.0602. The molecule has 3 N–H and O–H groups in total.